The summed E-state index contributed by atoms with van der Waals surface area (Å²) in [5.41, 5.74) is 3.44. The Bertz CT molecular complexity index is 753. The van der Waals surface area contributed by atoms with Crippen LogP contribution in [0.5, 0.6) is 0 Å². The molecule has 3 heteroatoms. The Hall–Kier alpha value is -2.34. The molecule has 0 aliphatic heterocycles. The average Bonchev–Trinajstić information content (AvgIpc) is 2.56. The maximum Gasteiger partial charge on any atom is 0.185 e. The average molecular weight is 308 g/mol. The SMILES string of the molecule is CCCCCCc1cc(=O)c(Cc2ccccc2C#N)cn1C. The predicted molar refractivity (Wildman–Crippen MR) is 93.5 cm³/mol. The lowest BCUT2D eigenvalue weighted by Crippen LogP contribution is -2.15. The van der Waals surface area contributed by atoms with E-state index in [0.717, 1.165) is 29.7 Å². The second kappa shape index (κ2) is 8.33. The molecule has 1 aromatic carbocycles. The number of hydrogen-bond donors (Lipinski definition) is 0. The van der Waals surface area contributed by atoms with Crippen molar-refractivity contribution < 1.29 is 0 Å². The Morgan fingerprint density at radius 1 is 1.13 bits per heavy atom. The molecule has 0 aliphatic carbocycles. The molecule has 120 valence electrons. The first-order valence-electron chi connectivity index (χ1n) is 8.32. The molecule has 0 N–H and O–H groups in total. The lowest BCUT2D eigenvalue weighted by Gasteiger charge is -2.11. The van der Waals surface area contributed by atoms with Gasteiger partial charge in [0, 0.05) is 37.0 Å². The fourth-order valence-electron chi connectivity index (χ4n) is 2.83. The van der Waals surface area contributed by atoms with Crippen LogP contribution in [-0.2, 0) is 19.9 Å². The van der Waals surface area contributed by atoms with Gasteiger partial charge in [-0.25, -0.2) is 0 Å². The Labute approximate surface area is 138 Å². The van der Waals surface area contributed by atoms with E-state index in [2.05, 4.69) is 17.6 Å². The van der Waals surface area contributed by atoms with Crippen molar-refractivity contribution in [3.8, 4) is 6.07 Å². The van der Waals surface area contributed by atoms with E-state index in [9.17, 15) is 10.1 Å². The predicted octanol–water partition coefficient (Wildman–Crippen LogP) is 3.97. The number of nitriles is 1. The monoisotopic (exact) mass is 308 g/mol. The third-order valence-corrected chi connectivity index (χ3v) is 4.22. The largest absolute Gasteiger partial charge is 0.354 e. The highest BCUT2D eigenvalue weighted by Crippen LogP contribution is 2.13. The van der Waals surface area contributed by atoms with Crippen LogP contribution in [-0.4, -0.2) is 4.57 Å². The second-order valence-electron chi connectivity index (χ2n) is 6.02. The number of nitrogens with zero attached hydrogens (tertiary/aromatic N) is 2. The standard InChI is InChI=1S/C20H24N2O/c1-3-4-5-6-11-19-13-20(23)18(15-22(19)2)12-16-9-7-8-10-17(16)14-21/h7-10,13,15H,3-6,11-12H2,1-2H3. The van der Waals surface area contributed by atoms with E-state index in [1.807, 2.05) is 31.4 Å². The van der Waals surface area contributed by atoms with E-state index in [-0.39, 0.29) is 5.43 Å². The molecule has 0 atom stereocenters. The first-order chi connectivity index (χ1) is 11.2. The second-order valence-corrected chi connectivity index (χ2v) is 6.02. The topological polar surface area (TPSA) is 45.8 Å². The number of aromatic nitrogens is 1. The maximum absolute atomic E-state index is 12.4. The molecule has 3 nitrogen and oxygen atoms in total. The molecule has 1 heterocycles. The van der Waals surface area contributed by atoms with Gasteiger partial charge >= 0.3 is 0 Å². The minimum atomic E-state index is 0.0707. The molecule has 0 spiro atoms. The molecule has 0 aliphatic rings. The molecule has 0 unspecified atom stereocenters. The highest BCUT2D eigenvalue weighted by Gasteiger charge is 2.08. The quantitative estimate of drug-likeness (QED) is 0.727. The minimum Gasteiger partial charge on any atom is -0.354 e. The van der Waals surface area contributed by atoms with Gasteiger partial charge in [-0.3, -0.25) is 4.79 Å². The summed E-state index contributed by atoms with van der Waals surface area (Å²) in [6, 6.07) is 11.4. The zero-order chi connectivity index (χ0) is 16.7. The number of benzene rings is 1. The van der Waals surface area contributed by atoms with Gasteiger partial charge in [-0.15, -0.1) is 0 Å². The number of rotatable bonds is 7. The van der Waals surface area contributed by atoms with E-state index in [0.29, 0.717) is 12.0 Å². The van der Waals surface area contributed by atoms with Gasteiger partial charge in [-0.1, -0.05) is 44.4 Å². The van der Waals surface area contributed by atoms with Crippen molar-refractivity contribution in [2.24, 2.45) is 7.05 Å². The molecule has 1 aromatic heterocycles. The summed E-state index contributed by atoms with van der Waals surface area (Å²) in [6.07, 6.45) is 8.17. The summed E-state index contributed by atoms with van der Waals surface area (Å²) in [5, 5.41) is 9.17. The van der Waals surface area contributed by atoms with Gasteiger partial charge in [0.1, 0.15) is 0 Å². The highest BCUT2D eigenvalue weighted by molar-refractivity contribution is 5.40. The zero-order valence-electron chi connectivity index (χ0n) is 14.0. The van der Waals surface area contributed by atoms with E-state index in [1.165, 1.54) is 19.3 Å². The fourth-order valence-corrected chi connectivity index (χ4v) is 2.83. The maximum atomic E-state index is 12.4. The van der Waals surface area contributed by atoms with Crippen LogP contribution in [0.4, 0.5) is 0 Å². The molecule has 2 rings (SSSR count). The van der Waals surface area contributed by atoms with Crippen LogP contribution in [0.2, 0.25) is 0 Å². The van der Waals surface area contributed by atoms with Crippen LogP contribution in [0.25, 0.3) is 0 Å². The molecule has 0 bridgehead atoms. The molecule has 23 heavy (non-hydrogen) atoms. The van der Waals surface area contributed by atoms with Crippen LogP contribution in [0.1, 0.15) is 55.0 Å². The highest BCUT2D eigenvalue weighted by atomic mass is 16.1. The first kappa shape index (κ1) is 17.0. The summed E-state index contributed by atoms with van der Waals surface area (Å²) >= 11 is 0. The van der Waals surface area contributed by atoms with E-state index >= 15 is 0 Å². The van der Waals surface area contributed by atoms with Gasteiger partial charge < -0.3 is 4.57 Å². The van der Waals surface area contributed by atoms with E-state index < -0.39 is 0 Å². The van der Waals surface area contributed by atoms with Gasteiger partial charge in [0.25, 0.3) is 0 Å². The smallest absolute Gasteiger partial charge is 0.185 e. The van der Waals surface area contributed by atoms with Gasteiger partial charge in [0.05, 0.1) is 11.6 Å². The molecule has 0 amide bonds. The molecule has 0 fully saturated rings. The summed E-state index contributed by atoms with van der Waals surface area (Å²) in [6.45, 7) is 2.20. The van der Waals surface area contributed by atoms with E-state index in [1.54, 1.807) is 12.1 Å². The third kappa shape index (κ3) is 4.56. The van der Waals surface area contributed by atoms with Crippen LogP contribution in [0, 0.1) is 11.3 Å². The molecule has 0 radical (unpaired) electrons. The van der Waals surface area contributed by atoms with Crippen molar-refractivity contribution in [3.05, 3.63) is 69.1 Å². The number of pyridine rings is 1. The normalized spacial score (nSPS) is 10.5. The molecular weight excluding hydrogens is 284 g/mol. The van der Waals surface area contributed by atoms with Crippen molar-refractivity contribution in [2.75, 3.05) is 0 Å². The third-order valence-electron chi connectivity index (χ3n) is 4.22. The molecule has 0 saturated heterocycles. The Morgan fingerprint density at radius 2 is 1.91 bits per heavy atom. The van der Waals surface area contributed by atoms with Crippen molar-refractivity contribution in [2.45, 2.75) is 45.4 Å². The van der Waals surface area contributed by atoms with Crippen molar-refractivity contribution in [3.63, 3.8) is 0 Å². The lowest BCUT2D eigenvalue weighted by molar-refractivity contribution is 0.643. The number of aryl methyl sites for hydroxylation is 2. The van der Waals surface area contributed by atoms with Crippen LogP contribution in [0.3, 0.4) is 0 Å². The molecular formula is C20H24N2O. The summed E-state index contributed by atoms with van der Waals surface area (Å²) < 4.78 is 2.05. The lowest BCUT2D eigenvalue weighted by atomic mass is 10.0. The van der Waals surface area contributed by atoms with Crippen molar-refractivity contribution in [1.82, 2.24) is 4.57 Å². The van der Waals surface area contributed by atoms with Crippen LogP contribution < -0.4 is 5.43 Å². The van der Waals surface area contributed by atoms with Gasteiger partial charge in [0.15, 0.2) is 5.43 Å². The summed E-state index contributed by atoms with van der Waals surface area (Å²) in [7, 11) is 1.99. The Kier molecular flexibility index (Phi) is 6.17. The zero-order valence-corrected chi connectivity index (χ0v) is 14.0. The Morgan fingerprint density at radius 3 is 2.65 bits per heavy atom. The van der Waals surface area contributed by atoms with Crippen LogP contribution >= 0.6 is 0 Å². The van der Waals surface area contributed by atoms with Gasteiger partial charge in [-0.05, 0) is 24.5 Å². The Balaban J connectivity index is 2.17. The van der Waals surface area contributed by atoms with Crippen LogP contribution in [0.15, 0.2) is 41.3 Å². The van der Waals surface area contributed by atoms with Gasteiger partial charge in [0.2, 0.25) is 0 Å². The minimum absolute atomic E-state index is 0.0707. The summed E-state index contributed by atoms with van der Waals surface area (Å²) in [5.74, 6) is 0. The molecule has 0 saturated carbocycles. The number of hydrogen-bond acceptors (Lipinski definition) is 2. The summed E-state index contributed by atoms with van der Waals surface area (Å²) in [4.78, 5) is 12.4. The molecule has 2 aromatic rings. The number of unbranched alkanes of at least 4 members (excludes halogenated alkanes) is 3. The van der Waals surface area contributed by atoms with E-state index in [4.69, 9.17) is 0 Å². The van der Waals surface area contributed by atoms with Crippen molar-refractivity contribution >= 4 is 0 Å². The fraction of sp³-hybridized carbons (Fsp3) is 0.400. The first-order valence-corrected chi connectivity index (χ1v) is 8.32. The van der Waals surface area contributed by atoms with Gasteiger partial charge in [-0.2, -0.15) is 5.26 Å². The van der Waals surface area contributed by atoms with Crippen molar-refractivity contribution in [1.29, 1.82) is 5.26 Å².